The standard InChI is InChI=1S/C17H24N4O2/c1-11-16(6-5-7-17(11)19-14(4)23)18-10-15-12(2)20-21(8-9-22)13(15)3/h5-7,18,22H,8-10H2,1-4H3,(H,19,23). The van der Waals surface area contributed by atoms with Crippen LogP contribution in [0, 0.1) is 20.8 Å². The number of anilines is 2. The van der Waals surface area contributed by atoms with E-state index in [0.717, 1.165) is 33.9 Å². The molecule has 0 aliphatic heterocycles. The van der Waals surface area contributed by atoms with Crippen LogP contribution in [0.5, 0.6) is 0 Å². The van der Waals surface area contributed by atoms with E-state index in [4.69, 9.17) is 5.11 Å². The molecule has 0 unspecified atom stereocenters. The molecule has 0 bridgehead atoms. The number of carbonyl (C=O) groups is 1. The van der Waals surface area contributed by atoms with Crippen LogP contribution in [-0.2, 0) is 17.9 Å². The van der Waals surface area contributed by atoms with E-state index in [1.807, 2.05) is 43.7 Å². The zero-order valence-electron chi connectivity index (χ0n) is 14.1. The molecule has 0 spiro atoms. The van der Waals surface area contributed by atoms with Gasteiger partial charge in [-0.25, -0.2) is 0 Å². The second kappa shape index (κ2) is 7.28. The second-order valence-electron chi connectivity index (χ2n) is 5.61. The first-order valence-corrected chi connectivity index (χ1v) is 7.68. The van der Waals surface area contributed by atoms with E-state index in [1.54, 1.807) is 0 Å². The summed E-state index contributed by atoms with van der Waals surface area (Å²) in [6.07, 6.45) is 0. The number of rotatable bonds is 6. The van der Waals surface area contributed by atoms with E-state index in [1.165, 1.54) is 6.92 Å². The van der Waals surface area contributed by atoms with Crippen molar-refractivity contribution in [2.24, 2.45) is 0 Å². The molecule has 6 nitrogen and oxygen atoms in total. The summed E-state index contributed by atoms with van der Waals surface area (Å²) in [4.78, 5) is 11.2. The lowest BCUT2D eigenvalue weighted by Crippen LogP contribution is -2.09. The first kappa shape index (κ1) is 17.0. The van der Waals surface area contributed by atoms with Gasteiger partial charge in [0.2, 0.25) is 5.91 Å². The van der Waals surface area contributed by atoms with Crippen molar-refractivity contribution in [2.45, 2.75) is 40.8 Å². The quantitative estimate of drug-likeness (QED) is 0.764. The van der Waals surface area contributed by atoms with Gasteiger partial charge in [0.05, 0.1) is 18.8 Å². The topological polar surface area (TPSA) is 79.2 Å². The molecule has 0 fully saturated rings. The summed E-state index contributed by atoms with van der Waals surface area (Å²) in [7, 11) is 0. The van der Waals surface area contributed by atoms with Gasteiger partial charge in [-0.1, -0.05) is 6.07 Å². The minimum atomic E-state index is -0.0813. The van der Waals surface area contributed by atoms with Gasteiger partial charge in [-0.2, -0.15) is 5.10 Å². The molecule has 0 radical (unpaired) electrons. The number of aromatic nitrogens is 2. The fourth-order valence-electron chi connectivity index (χ4n) is 2.64. The van der Waals surface area contributed by atoms with Gasteiger partial charge in [0.25, 0.3) is 0 Å². The number of nitrogens with one attached hydrogen (secondary N) is 2. The molecule has 124 valence electrons. The van der Waals surface area contributed by atoms with Crippen molar-refractivity contribution in [1.82, 2.24) is 9.78 Å². The molecule has 0 atom stereocenters. The molecule has 6 heteroatoms. The lowest BCUT2D eigenvalue weighted by atomic mass is 10.1. The van der Waals surface area contributed by atoms with Crippen LogP contribution in [0.15, 0.2) is 18.2 Å². The number of aryl methyl sites for hydroxylation is 1. The van der Waals surface area contributed by atoms with Crippen LogP contribution < -0.4 is 10.6 Å². The summed E-state index contributed by atoms with van der Waals surface area (Å²) < 4.78 is 1.83. The molecule has 0 saturated heterocycles. The van der Waals surface area contributed by atoms with E-state index >= 15 is 0 Å². The van der Waals surface area contributed by atoms with Gasteiger partial charge >= 0.3 is 0 Å². The Morgan fingerprint density at radius 2 is 1.96 bits per heavy atom. The molecule has 1 aromatic carbocycles. The van der Waals surface area contributed by atoms with E-state index in [2.05, 4.69) is 15.7 Å². The molecule has 0 saturated carbocycles. The highest BCUT2D eigenvalue weighted by Gasteiger charge is 2.12. The molecule has 2 rings (SSSR count). The van der Waals surface area contributed by atoms with Crippen molar-refractivity contribution in [3.8, 4) is 0 Å². The zero-order chi connectivity index (χ0) is 17.0. The number of hydrogen-bond acceptors (Lipinski definition) is 4. The van der Waals surface area contributed by atoms with Gasteiger partial charge in [0.15, 0.2) is 0 Å². The van der Waals surface area contributed by atoms with Crippen molar-refractivity contribution in [2.75, 3.05) is 17.2 Å². The molecule has 1 aromatic heterocycles. The molecule has 3 N–H and O–H groups in total. The molecular weight excluding hydrogens is 292 g/mol. The monoisotopic (exact) mass is 316 g/mol. The van der Waals surface area contributed by atoms with Crippen molar-refractivity contribution < 1.29 is 9.90 Å². The third kappa shape index (κ3) is 3.90. The summed E-state index contributed by atoms with van der Waals surface area (Å²) in [5, 5.41) is 19.8. The number of aliphatic hydroxyl groups is 1. The Balaban J connectivity index is 2.17. The Bertz CT molecular complexity index is 707. The molecule has 1 amide bonds. The highest BCUT2D eigenvalue weighted by Crippen LogP contribution is 2.24. The minimum absolute atomic E-state index is 0.0761. The number of aliphatic hydroxyl groups excluding tert-OH is 1. The smallest absolute Gasteiger partial charge is 0.221 e. The lowest BCUT2D eigenvalue weighted by Gasteiger charge is -2.14. The molecule has 1 heterocycles. The summed E-state index contributed by atoms with van der Waals surface area (Å²) in [5.41, 5.74) is 5.93. The third-order valence-corrected chi connectivity index (χ3v) is 3.94. The van der Waals surface area contributed by atoms with Gasteiger partial charge in [0, 0.05) is 36.1 Å². The molecule has 0 aliphatic carbocycles. The fourth-order valence-corrected chi connectivity index (χ4v) is 2.64. The SMILES string of the molecule is CC(=O)Nc1cccc(NCc2c(C)nn(CCO)c2C)c1C. The highest BCUT2D eigenvalue weighted by atomic mass is 16.3. The summed E-state index contributed by atoms with van der Waals surface area (Å²) in [5.74, 6) is -0.0813. The highest BCUT2D eigenvalue weighted by molar-refractivity contribution is 5.90. The number of hydrogen-bond donors (Lipinski definition) is 3. The predicted octanol–water partition coefficient (Wildman–Crippen LogP) is 2.37. The van der Waals surface area contributed by atoms with Crippen LogP contribution in [0.2, 0.25) is 0 Å². The Morgan fingerprint density at radius 3 is 2.61 bits per heavy atom. The number of benzene rings is 1. The van der Waals surface area contributed by atoms with Crippen LogP contribution in [0.25, 0.3) is 0 Å². The van der Waals surface area contributed by atoms with Gasteiger partial charge in [0.1, 0.15) is 0 Å². The van der Waals surface area contributed by atoms with E-state index in [9.17, 15) is 4.79 Å². The fraction of sp³-hybridized carbons (Fsp3) is 0.412. The van der Waals surface area contributed by atoms with Gasteiger partial charge in [-0.15, -0.1) is 0 Å². The van der Waals surface area contributed by atoms with E-state index in [-0.39, 0.29) is 12.5 Å². The van der Waals surface area contributed by atoms with Crippen molar-refractivity contribution >= 4 is 17.3 Å². The van der Waals surface area contributed by atoms with E-state index < -0.39 is 0 Å². The lowest BCUT2D eigenvalue weighted by molar-refractivity contribution is -0.114. The Morgan fingerprint density at radius 1 is 1.26 bits per heavy atom. The van der Waals surface area contributed by atoms with Crippen LogP contribution in [0.1, 0.15) is 29.4 Å². The first-order valence-electron chi connectivity index (χ1n) is 7.68. The normalized spacial score (nSPS) is 10.7. The van der Waals surface area contributed by atoms with Crippen molar-refractivity contribution in [3.63, 3.8) is 0 Å². The molecule has 2 aromatic rings. The maximum Gasteiger partial charge on any atom is 0.221 e. The minimum Gasteiger partial charge on any atom is -0.394 e. The van der Waals surface area contributed by atoms with Crippen LogP contribution in [0.4, 0.5) is 11.4 Å². The van der Waals surface area contributed by atoms with Gasteiger partial charge in [-0.05, 0) is 38.5 Å². The average Bonchev–Trinajstić information content (AvgIpc) is 2.75. The third-order valence-electron chi connectivity index (χ3n) is 3.94. The van der Waals surface area contributed by atoms with Gasteiger partial charge in [-0.3, -0.25) is 9.48 Å². The van der Waals surface area contributed by atoms with Gasteiger partial charge < -0.3 is 15.7 Å². The van der Waals surface area contributed by atoms with E-state index in [0.29, 0.717) is 13.1 Å². The first-order chi connectivity index (χ1) is 10.9. The van der Waals surface area contributed by atoms with Crippen molar-refractivity contribution in [1.29, 1.82) is 0 Å². The number of nitrogens with zero attached hydrogens (tertiary/aromatic N) is 2. The number of amides is 1. The summed E-state index contributed by atoms with van der Waals surface area (Å²) >= 11 is 0. The number of carbonyl (C=O) groups excluding carboxylic acids is 1. The summed E-state index contributed by atoms with van der Waals surface area (Å²) in [6, 6.07) is 5.79. The predicted molar refractivity (Wildman–Crippen MR) is 91.6 cm³/mol. The van der Waals surface area contributed by atoms with Crippen LogP contribution >= 0.6 is 0 Å². The maximum atomic E-state index is 11.2. The molecule has 0 aliphatic rings. The Labute approximate surface area is 136 Å². The largest absolute Gasteiger partial charge is 0.394 e. The molecule has 23 heavy (non-hydrogen) atoms. The zero-order valence-corrected chi connectivity index (χ0v) is 14.1. The van der Waals surface area contributed by atoms with Crippen LogP contribution in [0.3, 0.4) is 0 Å². The Hall–Kier alpha value is -2.34. The average molecular weight is 316 g/mol. The van der Waals surface area contributed by atoms with Crippen molar-refractivity contribution in [3.05, 3.63) is 40.7 Å². The summed E-state index contributed by atoms with van der Waals surface area (Å²) in [6.45, 7) is 8.68. The maximum absolute atomic E-state index is 11.2. The Kier molecular flexibility index (Phi) is 5.39. The van der Waals surface area contributed by atoms with Crippen LogP contribution in [-0.4, -0.2) is 27.4 Å². The second-order valence-corrected chi connectivity index (χ2v) is 5.61. The molecular formula is C17H24N4O2.